The standard InChI is InChI=1S/C20H25NO3/c1-13(2)11-16(20(21)22)14-7-5-8-15(12-14)19-17(23-3)9-6-10-18(19)24-4/h5-10,12-13,16H,11H2,1-4H3,(H2,21,22). The third kappa shape index (κ3) is 3.88. The molecule has 0 aliphatic carbocycles. The smallest absolute Gasteiger partial charge is 0.224 e. The molecule has 0 saturated heterocycles. The fraction of sp³-hybridized carbons (Fsp3) is 0.350. The summed E-state index contributed by atoms with van der Waals surface area (Å²) in [7, 11) is 3.26. The molecular weight excluding hydrogens is 302 g/mol. The molecule has 2 aromatic rings. The summed E-state index contributed by atoms with van der Waals surface area (Å²) in [6.07, 6.45) is 0.724. The normalized spacial score (nSPS) is 12.0. The van der Waals surface area contributed by atoms with Crippen LogP contribution in [0.5, 0.6) is 11.5 Å². The molecule has 0 aromatic heterocycles. The molecule has 4 nitrogen and oxygen atoms in total. The molecule has 0 radical (unpaired) electrons. The topological polar surface area (TPSA) is 61.6 Å². The first-order chi connectivity index (χ1) is 11.5. The maximum Gasteiger partial charge on any atom is 0.224 e. The van der Waals surface area contributed by atoms with Crippen molar-refractivity contribution in [3.05, 3.63) is 48.0 Å². The Morgan fingerprint density at radius 2 is 1.62 bits per heavy atom. The van der Waals surface area contributed by atoms with Crippen molar-refractivity contribution >= 4 is 5.91 Å². The number of carbonyl (C=O) groups excluding carboxylic acids is 1. The number of hydrogen-bond donors (Lipinski definition) is 1. The Morgan fingerprint density at radius 1 is 1.04 bits per heavy atom. The fourth-order valence-electron chi connectivity index (χ4n) is 2.93. The Hall–Kier alpha value is -2.49. The lowest BCUT2D eigenvalue weighted by atomic mass is 9.88. The van der Waals surface area contributed by atoms with E-state index in [2.05, 4.69) is 13.8 Å². The van der Waals surface area contributed by atoms with Crippen LogP contribution in [0, 0.1) is 5.92 Å². The largest absolute Gasteiger partial charge is 0.496 e. The van der Waals surface area contributed by atoms with Crippen LogP contribution in [0.25, 0.3) is 11.1 Å². The van der Waals surface area contributed by atoms with E-state index in [1.165, 1.54) is 0 Å². The number of amides is 1. The minimum absolute atomic E-state index is 0.298. The monoisotopic (exact) mass is 327 g/mol. The van der Waals surface area contributed by atoms with Crippen LogP contribution in [-0.2, 0) is 4.79 Å². The van der Waals surface area contributed by atoms with Gasteiger partial charge in [0.25, 0.3) is 0 Å². The van der Waals surface area contributed by atoms with Gasteiger partial charge in [-0.1, -0.05) is 44.2 Å². The van der Waals surface area contributed by atoms with E-state index in [0.29, 0.717) is 5.92 Å². The van der Waals surface area contributed by atoms with Crippen molar-refractivity contribution in [1.82, 2.24) is 0 Å². The number of ether oxygens (including phenoxy) is 2. The van der Waals surface area contributed by atoms with Crippen molar-refractivity contribution in [3.63, 3.8) is 0 Å². The molecule has 2 rings (SSSR count). The van der Waals surface area contributed by atoms with E-state index in [1.54, 1.807) is 14.2 Å². The number of carbonyl (C=O) groups is 1. The van der Waals surface area contributed by atoms with Gasteiger partial charge in [0.1, 0.15) is 11.5 Å². The van der Waals surface area contributed by atoms with Crippen molar-refractivity contribution in [2.45, 2.75) is 26.2 Å². The van der Waals surface area contributed by atoms with E-state index >= 15 is 0 Å². The third-order valence-corrected chi connectivity index (χ3v) is 4.06. The van der Waals surface area contributed by atoms with Crippen molar-refractivity contribution in [2.75, 3.05) is 14.2 Å². The van der Waals surface area contributed by atoms with Gasteiger partial charge in [-0.2, -0.15) is 0 Å². The average molecular weight is 327 g/mol. The van der Waals surface area contributed by atoms with Crippen molar-refractivity contribution in [3.8, 4) is 22.6 Å². The van der Waals surface area contributed by atoms with Gasteiger partial charge in [-0.15, -0.1) is 0 Å². The highest BCUT2D eigenvalue weighted by molar-refractivity contribution is 5.83. The second kappa shape index (κ2) is 7.86. The molecule has 1 atom stereocenters. The number of primary amides is 1. The Balaban J connectivity index is 2.53. The first-order valence-corrected chi connectivity index (χ1v) is 8.08. The van der Waals surface area contributed by atoms with Gasteiger partial charge in [-0.05, 0) is 35.6 Å². The predicted molar refractivity (Wildman–Crippen MR) is 96.4 cm³/mol. The Morgan fingerprint density at radius 3 is 2.12 bits per heavy atom. The second-order valence-corrected chi connectivity index (χ2v) is 6.25. The highest BCUT2D eigenvalue weighted by atomic mass is 16.5. The first-order valence-electron chi connectivity index (χ1n) is 8.08. The lowest BCUT2D eigenvalue weighted by molar-refractivity contribution is -0.119. The third-order valence-electron chi connectivity index (χ3n) is 4.06. The van der Waals surface area contributed by atoms with Gasteiger partial charge in [-0.25, -0.2) is 0 Å². The van der Waals surface area contributed by atoms with Gasteiger partial charge in [0.05, 0.1) is 25.7 Å². The summed E-state index contributed by atoms with van der Waals surface area (Å²) in [6, 6.07) is 13.5. The van der Waals surface area contributed by atoms with Crippen molar-refractivity contribution < 1.29 is 14.3 Å². The maximum absolute atomic E-state index is 11.9. The molecule has 0 aliphatic rings. The molecule has 0 spiro atoms. The van der Waals surface area contributed by atoms with Gasteiger partial charge < -0.3 is 15.2 Å². The van der Waals surface area contributed by atoms with Crippen molar-refractivity contribution in [1.29, 1.82) is 0 Å². The van der Waals surface area contributed by atoms with Crippen LogP contribution >= 0.6 is 0 Å². The predicted octanol–water partition coefficient (Wildman–Crippen LogP) is 3.99. The zero-order chi connectivity index (χ0) is 17.7. The minimum atomic E-state index is -0.300. The van der Waals surface area contributed by atoms with Crippen LogP contribution in [0.4, 0.5) is 0 Å². The molecule has 1 unspecified atom stereocenters. The van der Waals surface area contributed by atoms with Crippen LogP contribution in [-0.4, -0.2) is 20.1 Å². The number of rotatable bonds is 7. The molecule has 0 saturated carbocycles. The van der Waals surface area contributed by atoms with E-state index in [1.807, 2.05) is 42.5 Å². The van der Waals surface area contributed by atoms with Gasteiger partial charge in [0.15, 0.2) is 0 Å². The average Bonchev–Trinajstić information content (AvgIpc) is 2.58. The van der Waals surface area contributed by atoms with Crippen LogP contribution in [0.2, 0.25) is 0 Å². The van der Waals surface area contributed by atoms with E-state index < -0.39 is 0 Å². The highest BCUT2D eigenvalue weighted by Crippen LogP contribution is 2.39. The molecule has 24 heavy (non-hydrogen) atoms. The molecule has 1 amide bonds. The van der Waals surface area contributed by atoms with Gasteiger partial charge in [0.2, 0.25) is 5.91 Å². The summed E-state index contributed by atoms with van der Waals surface area (Å²) in [5, 5.41) is 0. The van der Waals surface area contributed by atoms with Crippen molar-refractivity contribution in [2.24, 2.45) is 11.7 Å². The fourth-order valence-corrected chi connectivity index (χ4v) is 2.93. The number of nitrogens with two attached hydrogens (primary N) is 1. The molecule has 0 aliphatic heterocycles. The molecule has 0 heterocycles. The maximum atomic E-state index is 11.9. The lowest BCUT2D eigenvalue weighted by Crippen LogP contribution is -2.22. The highest BCUT2D eigenvalue weighted by Gasteiger charge is 2.21. The van der Waals surface area contributed by atoms with E-state index in [0.717, 1.165) is 34.6 Å². The first kappa shape index (κ1) is 17.9. The molecule has 2 N–H and O–H groups in total. The summed E-state index contributed by atoms with van der Waals surface area (Å²) in [5.74, 6) is 1.24. The Kier molecular flexibility index (Phi) is 5.85. The minimum Gasteiger partial charge on any atom is -0.496 e. The summed E-state index contributed by atoms with van der Waals surface area (Å²) >= 11 is 0. The molecule has 0 bridgehead atoms. The van der Waals surface area contributed by atoms with Crippen LogP contribution in [0.3, 0.4) is 0 Å². The summed E-state index contributed by atoms with van der Waals surface area (Å²) in [6.45, 7) is 4.17. The molecular formula is C20H25NO3. The quantitative estimate of drug-likeness (QED) is 0.836. The zero-order valence-corrected chi connectivity index (χ0v) is 14.7. The summed E-state index contributed by atoms with van der Waals surface area (Å²) in [4.78, 5) is 11.9. The van der Waals surface area contributed by atoms with Gasteiger partial charge in [-0.3, -0.25) is 4.79 Å². The molecule has 4 heteroatoms. The van der Waals surface area contributed by atoms with E-state index in [4.69, 9.17) is 15.2 Å². The molecule has 0 fully saturated rings. The Bertz CT molecular complexity index is 688. The number of hydrogen-bond acceptors (Lipinski definition) is 3. The summed E-state index contributed by atoms with van der Waals surface area (Å²) < 4.78 is 11.0. The molecule has 2 aromatic carbocycles. The number of benzene rings is 2. The SMILES string of the molecule is COc1cccc(OC)c1-c1cccc(C(CC(C)C)C(N)=O)c1. The van der Waals surface area contributed by atoms with Crippen LogP contribution in [0.15, 0.2) is 42.5 Å². The van der Waals surface area contributed by atoms with E-state index in [9.17, 15) is 4.79 Å². The van der Waals surface area contributed by atoms with Crippen LogP contribution in [0.1, 0.15) is 31.7 Å². The van der Waals surface area contributed by atoms with Gasteiger partial charge >= 0.3 is 0 Å². The van der Waals surface area contributed by atoms with E-state index in [-0.39, 0.29) is 11.8 Å². The summed E-state index contributed by atoms with van der Waals surface area (Å²) in [5.41, 5.74) is 8.36. The number of methoxy groups -OCH3 is 2. The lowest BCUT2D eigenvalue weighted by Gasteiger charge is -2.18. The van der Waals surface area contributed by atoms with Crippen LogP contribution < -0.4 is 15.2 Å². The Labute approximate surface area is 143 Å². The second-order valence-electron chi connectivity index (χ2n) is 6.25. The zero-order valence-electron chi connectivity index (χ0n) is 14.7. The molecule has 128 valence electrons. The van der Waals surface area contributed by atoms with Gasteiger partial charge in [0, 0.05) is 0 Å².